The zero-order chi connectivity index (χ0) is 24.7. The predicted molar refractivity (Wildman–Crippen MR) is 147 cm³/mol. The average Bonchev–Trinajstić information content (AvgIpc) is 2.95. The van der Waals surface area contributed by atoms with Crippen molar-refractivity contribution >= 4 is 28.8 Å². The molecule has 176 valence electrons. The smallest absolute Gasteiger partial charge is 0.255 e. The summed E-state index contributed by atoms with van der Waals surface area (Å²) >= 11 is 0. The number of anilines is 2. The molecule has 0 spiro atoms. The lowest BCUT2D eigenvalue weighted by Gasteiger charge is -2.10. The second-order valence-electron chi connectivity index (χ2n) is 8.65. The van der Waals surface area contributed by atoms with Crippen LogP contribution in [0, 0.1) is 0 Å². The van der Waals surface area contributed by atoms with Crippen molar-refractivity contribution < 1.29 is 9.59 Å². The maximum absolute atomic E-state index is 12.8. The second kappa shape index (κ2) is 10.7. The molecule has 2 N–H and O–H groups in total. The number of allylic oxidation sites excluding steroid dienone is 4. The molecule has 4 heteroatoms. The number of nitrogens with one attached hydrogen (secondary N) is 2. The molecule has 4 aromatic rings. The zero-order valence-electron chi connectivity index (χ0n) is 19.8. The fraction of sp³-hybridized carbons (Fsp3) is 0.0625. The quantitative estimate of drug-likeness (QED) is 0.305. The monoisotopic (exact) mass is 470 g/mol. The number of hydrogen-bond acceptors (Lipinski definition) is 2. The largest absolute Gasteiger partial charge is 0.322 e. The number of hydrogen-bond donors (Lipinski definition) is 2. The Hall–Kier alpha value is -4.70. The number of rotatable bonds is 6. The fourth-order valence-electron chi connectivity index (χ4n) is 4.16. The summed E-state index contributed by atoms with van der Waals surface area (Å²) < 4.78 is 0. The molecule has 0 atom stereocenters. The van der Waals surface area contributed by atoms with Crippen LogP contribution < -0.4 is 10.6 Å². The number of carbonyl (C=O) groups excluding carboxylic acids is 2. The standard InChI is InChI=1S/C32H26N2O2/c35-31(33-29-18-14-25(15-19-29)23-8-3-1-4-9-23)27-12-7-13-28(22-27)32(36)34-30-20-16-26(17-21-30)24-10-5-2-6-11-24/h1,3-5,7-22H,2,6H2,(H,33,35)(H,34,36). The molecule has 0 radical (unpaired) electrons. The van der Waals surface area contributed by atoms with Crippen molar-refractivity contribution in [2.75, 3.05) is 10.6 Å². The van der Waals surface area contributed by atoms with Gasteiger partial charge in [0.2, 0.25) is 0 Å². The Kier molecular flexibility index (Phi) is 6.86. The molecule has 0 heterocycles. The predicted octanol–water partition coefficient (Wildman–Crippen LogP) is 7.59. The van der Waals surface area contributed by atoms with Gasteiger partial charge in [0.15, 0.2) is 0 Å². The first-order valence-electron chi connectivity index (χ1n) is 12.0. The van der Waals surface area contributed by atoms with E-state index in [1.807, 2.05) is 78.9 Å². The molecular weight excluding hydrogens is 444 g/mol. The number of benzene rings is 4. The normalized spacial score (nSPS) is 12.5. The van der Waals surface area contributed by atoms with Gasteiger partial charge in [-0.2, -0.15) is 0 Å². The van der Waals surface area contributed by atoms with E-state index in [4.69, 9.17) is 0 Å². The van der Waals surface area contributed by atoms with E-state index >= 15 is 0 Å². The van der Waals surface area contributed by atoms with Crippen LogP contribution >= 0.6 is 0 Å². The van der Waals surface area contributed by atoms with E-state index in [1.54, 1.807) is 24.3 Å². The third-order valence-electron chi connectivity index (χ3n) is 6.11. The highest BCUT2D eigenvalue weighted by molar-refractivity contribution is 6.08. The Morgan fingerprint density at radius 1 is 0.556 bits per heavy atom. The van der Waals surface area contributed by atoms with Gasteiger partial charge in [-0.3, -0.25) is 9.59 Å². The molecule has 0 saturated carbocycles. The molecule has 36 heavy (non-hydrogen) atoms. The first kappa shape index (κ1) is 23.1. The first-order valence-corrected chi connectivity index (χ1v) is 12.0. The van der Waals surface area contributed by atoms with Crippen LogP contribution in [0.3, 0.4) is 0 Å². The lowest BCUT2D eigenvalue weighted by Crippen LogP contribution is -2.15. The van der Waals surface area contributed by atoms with E-state index in [0.717, 1.165) is 29.5 Å². The summed E-state index contributed by atoms with van der Waals surface area (Å²) in [6.07, 6.45) is 8.66. The van der Waals surface area contributed by atoms with Crippen LogP contribution in [0.1, 0.15) is 39.1 Å². The van der Waals surface area contributed by atoms with Gasteiger partial charge >= 0.3 is 0 Å². The molecule has 0 aromatic heterocycles. The van der Waals surface area contributed by atoms with Crippen LogP contribution in [-0.2, 0) is 0 Å². The van der Waals surface area contributed by atoms with E-state index in [-0.39, 0.29) is 11.8 Å². The molecular formula is C32H26N2O2. The van der Waals surface area contributed by atoms with Crippen LogP contribution in [-0.4, -0.2) is 11.8 Å². The van der Waals surface area contributed by atoms with E-state index in [9.17, 15) is 9.59 Å². The Bertz CT molecular complexity index is 1430. The van der Waals surface area contributed by atoms with Gasteiger partial charge < -0.3 is 10.6 Å². The maximum atomic E-state index is 12.8. The molecule has 2 amide bonds. The Balaban J connectivity index is 1.23. The molecule has 0 bridgehead atoms. The third-order valence-corrected chi connectivity index (χ3v) is 6.11. The van der Waals surface area contributed by atoms with E-state index in [1.165, 1.54) is 5.57 Å². The Morgan fingerprint density at radius 2 is 1.11 bits per heavy atom. The molecule has 0 unspecified atom stereocenters. The second-order valence-corrected chi connectivity index (χ2v) is 8.65. The minimum absolute atomic E-state index is 0.263. The van der Waals surface area contributed by atoms with Gasteiger partial charge in [0.25, 0.3) is 11.8 Å². The van der Waals surface area contributed by atoms with Crippen LogP contribution in [0.15, 0.2) is 121 Å². The number of amides is 2. The lowest BCUT2D eigenvalue weighted by atomic mass is 9.99. The molecule has 4 nitrogen and oxygen atoms in total. The summed E-state index contributed by atoms with van der Waals surface area (Å²) in [6, 6.07) is 32.3. The highest BCUT2D eigenvalue weighted by Gasteiger charge is 2.12. The van der Waals surface area contributed by atoms with E-state index in [2.05, 4.69) is 28.9 Å². The van der Waals surface area contributed by atoms with Gasteiger partial charge in [-0.05, 0) is 77.6 Å². The lowest BCUT2D eigenvalue weighted by molar-refractivity contribution is 0.102. The SMILES string of the molecule is O=C(Nc1ccc(C2=CCCC=C2)cc1)c1cccc(C(=O)Nc2ccc(-c3ccccc3)cc2)c1. The van der Waals surface area contributed by atoms with Crippen LogP contribution in [0.25, 0.3) is 16.7 Å². The fourth-order valence-corrected chi connectivity index (χ4v) is 4.16. The van der Waals surface area contributed by atoms with Crippen molar-refractivity contribution in [1.29, 1.82) is 0 Å². The molecule has 0 aliphatic heterocycles. The van der Waals surface area contributed by atoms with Gasteiger partial charge in [0, 0.05) is 22.5 Å². The van der Waals surface area contributed by atoms with Crippen molar-refractivity contribution in [3.05, 3.63) is 138 Å². The van der Waals surface area contributed by atoms with Crippen molar-refractivity contribution in [3.8, 4) is 11.1 Å². The highest BCUT2D eigenvalue weighted by atomic mass is 16.2. The Morgan fingerprint density at radius 3 is 1.67 bits per heavy atom. The van der Waals surface area contributed by atoms with Gasteiger partial charge in [0.1, 0.15) is 0 Å². The molecule has 0 saturated heterocycles. The molecule has 1 aliphatic rings. The van der Waals surface area contributed by atoms with Crippen molar-refractivity contribution in [3.63, 3.8) is 0 Å². The topological polar surface area (TPSA) is 58.2 Å². The molecule has 1 aliphatic carbocycles. The first-order chi connectivity index (χ1) is 17.7. The van der Waals surface area contributed by atoms with Crippen molar-refractivity contribution in [2.24, 2.45) is 0 Å². The minimum Gasteiger partial charge on any atom is -0.322 e. The van der Waals surface area contributed by atoms with Gasteiger partial charge in [-0.1, -0.05) is 78.9 Å². The van der Waals surface area contributed by atoms with Crippen LogP contribution in [0.2, 0.25) is 0 Å². The zero-order valence-corrected chi connectivity index (χ0v) is 19.8. The summed E-state index contributed by atoms with van der Waals surface area (Å²) in [4.78, 5) is 25.7. The minimum atomic E-state index is -0.268. The molecule has 0 fully saturated rings. The Labute approximate surface area is 211 Å². The summed E-state index contributed by atoms with van der Waals surface area (Å²) in [7, 11) is 0. The average molecular weight is 471 g/mol. The highest BCUT2D eigenvalue weighted by Crippen LogP contribution is 2.24. The van der Waals surface area contributed by atoms with E-state index in [0.29, 0.717) is 22.5 Å². The summed E-state index contributed by atoms with van der Waals surface area (Å²) in [5, 5.41) is 5.83. The van der Waals surface area contributed by atoms with Crippen LogP contribution in [0.5, 0.6) is 0 Å². The van der Waals surface area contributed by atoms with Gasteiger partial charge in [0.05, 0.1) is 0 Å². The van der Waals surface area contributed by atoms with Gasteiger partial charge in [-0.25, -0.2) is 0 Å². The maximum Gasteiger partial charge on any atom is 0.255 e. The van der Waals surface area contributed by atoms with E-state index < -0.39 is 0 Å². The van der Waals surface area contributed by atoms with Crippen molar-refractivity contribution in [1.82, 2.24) is 0 Å². The molecule has 5 rings (SSSR count). The van der Waals surface area contributed by atoms with Gasteiger partial charge in [-0.15, -0.1) is 0 Å². The summed E-state index contributed by atoms with van der Waals surface area (Å²) in [6.45, 7) is 0. The van der Waals surface area contributed by atoms with Crippen molar-refractivity contribution in [2.45, 2.75) is 12.8 Å². The molecule has 4 aromatic carbocycles. The summed E-state index contributed by atoms with van der Waals surface area (Å²) in [5.74, 6) is -0.531. The summed E-state index contributed by atoms with van der Waals surface area (Å²) in [5.41, 5.74) is 6.76. The van der Waals surface area contributed by atoms with Crippen LogP contribution in [0.4, 0.5) is 11.4 Å². The third kappa shape index (κ3) is 5.50. The number of carbonyl (C=O) groups is 2.